The van der Waals surface area contributed by atoms with Crippen LogP contribution in [0, 0.1) is 0 Å². The summed E-state index contributed by atoms with van der Waals surface area (Å²) in [4.78, 5) is 30.5. The van der Waals surface area contributed by atoms with E-state index in [-0.39, 0.29) is 24.4 Å². The third-order valence-electron chi connectivity index (χ3n) is 6.40. The average Bonchev–Trinajstić information content (AvgIpc) is 3.30. The smallest absolute Gasteiger partial charge is 0.270 e. The van der Waals surface area contributed by atoms with E-state index in [9.17, 15) is 9.59 Å². The van der Waals surface area contributed by atoms with Gasteiger partial charge in [0.05, 0.1) is 10.6 Å². The number of carbonyl (C=O) groups is 2. The average molecular weight is 555 g/mol. The summed E-state index contributed by atoms with van der Waals surface area (Å²) in [6.07, 6.45) is 7.15. The first-order valence-corrected chi connectivity index (χ1v) is 13.3. The number of halogens is 1. The third kappa shape index (κ3) is 4.46. The molecule has 0 saturated carbocycles. The quantitative estimate of drug-likeness (QED) is 0.284. The molecule has 3 heterocycles. The molecule has 8 heteroatoms. The lowest BCUT2D eigenvalue weighted by molar-refractivity contribution is -0.135. The van der Waals surface area contributed by atoms with Gasteiger partial charge in [-0.25, -0.2) is 0 Å². The van der Waals surface area contributed by atoms with Crippen molar-refractivity contribution in [1.29, 1.82) is 0 Å². The van der Waals surface area contributed by atoms with Gasteiger partial charge in [-0.3, -0.25) is 14.5 Å². The van der Waals surface area contributed by atoms with Gasteiger partial charge in [0.15, 0.2) is 4.32 Å². The van der Waals surface area contributed by atoms with Crippen LogP contribution in [0.4, 0.5) is 5.69 Å². The van der Waals surface area contributed by atoms with Crippen LogP contribution in [0.2, 0.25) is 0 Å². The van der Waals surface area contributed by atoms with Crippen LogP contribution in [-0.4, -0.2) is 38.2 Å². The summed E-state index contributed by atoms with van der Waals surface area (Å²) in [6, 6.07) is 15.7. The number of fused-ring (bicyclic) bond motifs is 1. The molecule has 2 amide bonds. The van der Waals surface area contributed by atoms with Crippen molar-refractivity contribution >= 4 is 78.7 Å². The number of piperidine rings is 1. The second-order valence-electron chi connectivity index (χ2n) is 8.66. The first kappa shape index (κ1) is 23.3. The van der Waals surface area contributed by atoms with Crippen molar-refractivity contribution in [1.82, 2.24) is 9.47 Å². The fourth-order valence-electron chi connectivity index (χ4n) is 4.66. The summed E-state index contributed by atoms with van der Waals surface area (Å²) in [6.45, 7) is 3.23. The monoisotopic (exact) mass is 553 g/mol. The van der Waals surface area contributed by atoms with Gasteiger partial charge < -0.3 is 9.47 Å². The molecule has 0 spiro atoms. The van der Waals surface area contributed by atoms with Gasteiger partial charge in [0, 0.05) is 39.7 Å². The normalized spacial score (nSPS) is 20.1. The summed E-state index contributed by atoms with van der Waals surface area (Å²) in [5, 5.41) is 0.985. The van der Waals surface area contributed by atoms with Crippen molar-refractivity contribution < 1.29 is 9.59 Å². The zero-order valence-corrected chi connectivity index (χ0v) is 22.0. The van der Waals surface area contributed by atoms with Crippen molar-refractivity contribution in [3.8, 4) is 0 Å². The number of rotatable bonds is 4. The van der Waals surface area contributed by atoms with Crippen molar-refractivity contribution in [3.05, 3.63) is 69.7 Å². The standard InChI is InChI=1S/C26H24BrN3O2S2/c1-17-7-5-6-12-29(17)24(31)16-28-15-18(21-14-19(27)10-11-22(21)28)13-23-25(32)30(26(33)34-23)20-8-3-2-4-9-20/h2-4,8-11,13-15,17H,5-7,12,16H2,1H3/b23-13-/t17-/m1/s1. The number of anilines is 1. The predicted molar refractivity (Wildman–Crippen MR) is 147 cm³/mol. The lowest BCUT2D eigenvalue weighted by atomic mass is 10.0. The summed E-state index contributed by atoms with van der Waals surface area (Å²) in [7, 11) is 0. The zero-order chi connectivity index (χ0) is 23.8. The number of thiocarbonyl (C=S) groups is 1. The maximum absolute atomic E-state index is 13.2. The number of amides is 2. The van der Waals surface area contributed by atoms with Gasteiger partial charge in [-0.1, -0.05) is 58.1 Å². The van der Waals surface area contributed by atoms with Crippen LogP contribution in [-0.2, 0) is 16.1 Å². The molecular weight excluding hydrogens is 530 g/mol. The van der Waals surface area contributed by atoms with Gasteiger partial charge in [0.25, 0.3) is 5.91 Å². The summed E-state index contributed by atoms with van der Waals surface area (Å²) in [5.74, 6) is 0.00397. The highest BCUT2D eigenvalue weighted by Crippen LogP contribution is 2.37. The van der Waals surface area contributed by atoms with Crippen LogP contribution >= 0.6 is 39.9 Å². The van der Waals surface area contributed by atoms with E-state index < -0.39 is 0 Å². The fraction of sp³-hybridized carbons (Fsp3) is 0.269. The Hall–Kier alpha value is -2.42. The number of hydrogen-bond donors (Lipinski definition) is 0. The topological polar surface area (TPSA) is 45.6 Å². The first-order chi connectivity index (χ1) is 16.4. The van der Waals surface area contributed by atoms with Crippen LogP contribution in [0.5, 0.6) is 0 Å². The van der Waals surface area contributed by atoms with E-state index in [0.29, 0.717) is 9.23 Å². The van der Waals surface area contributed by atoms with Gasteiger partial charge in [-0.05, 0) is 62.6 Å². The van der Waals surface area contributed by atoms with Gasteiger partial charge in [0.1, 0.15) is 6.54 Å². The third-order valence-corrected chi connectivity index (χ3v) is 8.19. The Labute approximate surface area is 216 Å². The largest absolute Gasteiger partial charge is 0.338 e. The molecule has 174 valence electrons. The molecule has 3 aromatic rings. The molecule has 1 aromatic heterocycles. The fourth-order valence-corrected chi connectivity index (χ4v) is 6.31. The Bertz CT molecular complexity index is 1320. The van der Waals surface area contributed by atoms with E-state index in [1.165, 1.54) is 18.2 Å². The molecule has 0 radical (unpaired) electrons. The van der Waals surface area contributed by atoms with E-state index in [0.717, 1.165) is 46.0 Å². The molecule has 0 bridgehead atoms. The van der Waals surface area contributed by atoms with Crippen LogP contribution in [0.3, 0.4) is 0 Å². The SMILES string of the molecule is C[C@@H]1CCCCN1C(=O)Cn1cc(/C=C2\SC(=S)N(c3ccccc3)C2=O)c2cc(Br)ccc21. The zero-order valence-electron chi connectivity index (χ0n) is 18.7. The van der Waals surface area contributed by atoms with Crippen molar-refractivity contribution in [2.45, 2.75) is 38.8 Å². The molecular formula is C26H24BrN3O2S2. The van der Waals surface area contributed by atoms with Crippen molar-refractivity contribution in [3.63, 3.8) is 0 Å². The van der Waals surface area contributed by atoms with Crippen molar-refractivity contribution in [2.75, 3.05) is 11.4 Å². The second-order valence-corrected chi connectivity index (χ2v) is 11.2. The minimum Gasteiger partial charge on any atom is -0.338 e. The van der Waals surface area contributed by atoms with Gasteiger partial charge in [-0.15, -0.1) is 0 Å². The van der Waals surface area contributed by atoms with Crippen molar-refractivity contribution in [2.24, 2.45) is 0 Å². The number of carbonyl (C=O) groups excluding carboxylic acids is 2. The lowest BCUT2D eigenvalue weighted by Gasteiger charge is -2.33. The molecule has 2 aliphatic heterocycles. The van der Waals surface area contributed by atoms with Gasteiger partial charge in [0.2, 0.25) is 5.91 Å². The molecule has 2 saturated heterocycles. The maximum atomic E-state index is 13.2. The predicted octanol–water partition coefficient (Wildman–Crippen LogP) is 6.21. The molecule has 0 aliphatic carbocycles. The first-order valence-electron chi connectivity index (χ1n) is 11.3. The molecule has 5 rings (SSSR count). The lowest BCUT2D eigenvalue weighted by Crippen LogP contribution is -2.43. The molecule has 0 N–H and O–H groups in total. The maximum Gasteiger partial charge on any atom is 0.270 e. The van der Waals surface area contributed by atoms with E-state index in [4.69, 9.17) is 12.2 Å². The molecule has 0 unspecified atom stereocenters. The Morgan fingerprint density at radius 1 is 1.21 bits per heavy atom. The van der Waals surface area contributed by atoms with E-state index in [1.54, 1.807) is 4.90 Å². The van der Waals surface area contributed by atoms with Crippen LogP contribution in [0.15, 0.2) is 64.1 Å². The van der Waals surface area contributed by atoms with E-state index in [1.807, 2.05) is 70.3 Å². The Morgan fingerprint density at radius 2 is 2.00 bits per heavy atom. The number of benzene rings is 2. The van der Waals surface area contributed by atoms with Crippen LogP contribution in [0.1, 0.15) is 31.7 Å². The molecule has 34 heavy (non-hydrogen) atoms. The number of likely N-dealkylation sites (tertiary alicyclic amines) is 1. The van der Waals surface area contributed by atoms with Crippen LogP contribution < -0.4 is 4.90 Å². The van der Waals surface area contributed by atoms with E-state index in [2.05, 4.69) is 22.9 Å². The molecule has 2 aromatic carbocycles. The highest BCUT2D eigenvalue weighted by Gasteiger charge is 2.33. The molecule has 2 fully saturated rings. The molecule has 5 nitrogen and oxygen atoms in total. The Morgan fingerprint density at radius 3 is 2.76 bits per heavy atom. The molecule has 2 aliphatic rings. The summed E-state index contributed by atoms with van der Waals surface area (Å²) < 4.78 is 3.46. The van der Waals surface area contributed by atoms with Gasteiger partial charge >= 0.3 is 0 Å². The number of thioether (sulfide) groups is 1. The Balaban J connectivity index is 1.49. The number of aromatic nitrogens is 1. The summed E-state index contributed by atoms with van der Waals surface area (Å²) >= 11 is 10.4. The second kappa shape index (κ2) is 9.68. The minimum absolute atomic E-state index is 0.129. The number of hydrogen-bond acceptors (Lipinski definition) is 4. The highest BCUT2D eigenvalue weighted by atomic mass is 79.9. The van der Waals surface area contributed by atoms with Crippen LogP contribution in [0.25, 0.3) is 17.0 Å². The molecule has 1 atom stereocenters. The highest BCUT2D eigenvalue weighted by molar-refractivity contribution is 9.10. The minimum atomic E-state index is -0.129. The Kier molecular flexibility index (Phi) is 6.64. The summed E-state index contributed by atoms with van der Waals surface area (Å²) in [5.41, 5.74) is 2.62. The van der Waals surface area contributed by atoms with Gasteiger partial charge in [-0.2, -0.15) is 0 Å². The number of para-hydroxylation sites is 1. The number of nitrogens with zero attached hydrogens (tertiary/aromatic N) is 3. The van der Waals surface area contributed by atoms with E-state index >= 15 is 0 Å².